The molecule has 30 unspecified atom stereocenters. The summed E-state index contributed by atoms with van der Waals surface area (Å²) >= 11 is 0. The second-order valence-corrected chi connectivity index (χ2v) is 26.7. The SMILES string of the molecule is CC=C(C)C(=O)OC1C(O)C2(CO)C(O)CC3(C)C(=CCC4C5(C)CCC(OC6OC(C(=O)O)C(O)C(OC7OCC(O)C(O)C7OC7OCC(O)C(O)C7O)C6OC6OC(CO)C(O)C(O)C6O)C(C)(C=O)C5CCC43C)C2CC1(C)C. The van der Waals surface area contributed by atoms with Gasteiger partial charge in [0.15, 0.2) is 31.3 Å². The van der Waals surface area contributed by atoms with E-state index >= 15 is 0 Å². The molecule has 0 amide bonds. The fourth-order valence-corrected chi connectivity index (χ4v) is 16.7. The number of rotatable bonds is 14. The molecular weight excluding hydrogens is 1100 g/mol. The number of aliphatic hydroxyl groups excluding tert-OH is 13. The van der Waals surface area contributed by atoms with Gasteiger partial charge in [-0.25, -0.2) is 9.59 Å². The van der Waals surface area contributed by atoms with Crippen LogP contribution in [0.1, 0.15) is 100 Å². The molecule has 8 fully saturated rings. The highest BCUT2D eigenvalue weighted by Crippen LogP contribution is 2.76. The third-order valence-corrected chi connectivity index (χ3v) is 21.9. The Morgan fingerprint density at radius 2 is 1.31 bits per heavy atom. The molecule has 4 aliphatic heterocycles. The quantitative estimate of drug-likeness (QED) is 0.0279. The van der Waals surface area contributed by atoms with E-state index in [2.05, 4.69) is 26.8 Å². The van der Waals surface area contributed by atoms with Gasteiger partial charge in [0.25, 0.3) is 0 Å². The van der Waals surface area contributed by atoms with Gasteiger partial charge in [-0.3, -0.25) is 0 Å². The minimum Gasteiger partial charge on any atom is -0.479 e. The second-order valence-electron chi connectivity index (χ2n) is 26.7. The van der Waals surface area contributed by atoms with E-state index in [4.69, 9.17) is 42.6 Å². The van der Waals surface area contributed by atoms with Gasteiger partial charge in [-0.15, -0.1) is 0 Å². The fourth-order valence-electron chi connectivity index (χ4n) is 16.7. The maximum absolute atomic E-state index is 14.1. The summed E-state index contributed by atoms with van der Waals surface area (Å²) in [5.41, 5.74) is -4.21. The summed E-state index contributed by atoms with van der Waals surface area (Å²) < 4.78 is 54.1. The zero-order chi connectivity index (χ0) is 61.0. The third-order valence-electron chi connectivity index (χ3n) is 21.9. The zero-order valence-electron chi connectivity index (χ0n) is 48.1. The molecule has 0 bridgehead atoms. The molecule has 9 aliphatic rings. The minimum absolute atomic E-state index is 0.128. The summed E-state index contributed by atoms with van der Waals surface area (Å²) in [6, 6.07) is 0. The van der Waals surface area contributed by atoms with Gasteiger partial charge in [0.2, 0.25) is 0 Å². The van der Waals surface area contributed by atoms with E-state index < -0.39 is 218 Å². The van der Waals surface area contributed by atoms with Crippen LogP contribution in [0.3, 0.4) is 0 Å². The second kappa shape index (κ2) is 23.6. The molecule has 4 heterocycles. The number of hydrogen-bond acceptors (Lipinski definition) is 25. The average molecular weight is 1190 g/mol. The van der Waals surface area contributed by atoms with E-state index in [0.717, 1.165) is 11.9 Å². The van der Waals surface area contributed by atoms with Crippen molar-refractivity contribution >= 4 is 18.2 Å². The molecule has 0 aromatic rings. The lowest BCUT2D eigenvalue weighted by Crippen LogP contribution is -2.72. The lowest BCUT2D eigenvalue weighted by Gasteiger charge is -2.72. The monoisotopic (exact) mass is 1190 g/mol. The molecule has 0 aromatic carbocycles. The Kier molecular flexibility index (Phi) is 18.4. The van der Waals surface area contributed by atoms with Crippen molar-refractivity contribution in [2.75, 3.05) is 26.4 Å². The van der Waals surface area contributed by atoms with Crippen LogP contribution in [0.2, 0.25) is 0 Å². The van der Waals surface area contributed by atoms with Crippen molar-refractivity contribution in [3.05, 3.63) is 23.3 Å². The summed E-state index contributed by atoms with van der Waals surface area (Å²) in [5, 5.41) is 155. The van der Waals surface area contributed by atoms with E-state index in [1.54, 1.807) is 26.8 Å². The number of allylic oxidation sites excluding steroid dienone is 3. The Morgan fingerprint density at radius 1 is 0.687 bits per heavy atom. The summed E-state index contributed by atoms with van der Waals surface area (Å²) in [5.74, 6) is -3.45. The van der Waals surface area contributed by atoms with Crippen molar-refractivity contribution in [1.29, 1.82) is 0 Å². The van der Waals surface area contributed by atoms with Crippen LogP contribution in [0.25, 0.3) is 0 Å². The molecule has 0 radical (unpaired) electrons. The first-order valence-electron chi connectivity index (χ1n) is 29.0. The highest BCUT2D eigenvalue weighted by atomic mass is 16.8. The number of fused-ring (bicyclic) bond motifs is 7. The van der Waals surface area contributed by atoms with Gasteiger partial charge in [0.05, 0.1) is 49.5 Å². The maximum atomic E-state index is 14.1. The lowest BCUT2D eigenvalue weighted by molar-refractivity contribution is -0.398. The summed E-state index contributed by atoms with van der Waals surface area (Å²) in [4.78, 5) is 40.4. The van der Waals surface area contributed by atoms with Crippen LogP contribution in [0, 0.1) is 50.2 Å². The normalized spacial score (nSPS) is 52.6. The third kappa shape index (κ3) is 10.4. The fraction of sp³-hybridized carbons (Fsp3) is 0.877. The summed E-state index contributed by atoms with van der Waals surface area (Å²) in [7, 11) is 0. The summed E-state index contributed by atoms with van der Waals surface area (Å²) in [6.07, 6.45) is -32.2. The number of esters is 1. The van der Waals surface area contributed by atoms with Gasteiger partial charge in [-0.2, -0.15) is 0 Å². The van der Waals surface area contributed by atoms with E-state index in [0.29, 0.717) is 37.7 Å². The van der Waals surface area contributed by atoms with Gasteiger partial charge < -0.3 is 119 Å². The molecule has 0 aromatic heterocycles. The molecule has 14 N–H and O–H groups in total. The average Bonchev–Trinajstić information content (AvgIpc) is 0.730. The number of hydrogen-bond donors (Lipinski definition) is 14. The van der Waals surface area contributed by atoms with Gasteiger partial charge in [-0.1, -0.05) is 59.3 Å². The largest absolute Gasteiger partial charge is 0.479 e. The topological polar surface area (TPSA) is 418 Å². The Bertz CT molecular complexity index is 2420. The highest BCUT2D eigenvalue weighted by Gasteiger charge is 2.73. The first-order chi connectivity index (χ1) is 38.9. The van der Waals surface area contributed by atoms with Crippen LogP contribution in [0.4, 0.5) is 0 Å². The van der Waals surface area contributed by atoms with E-state index in [1.165, 1.54) is 0 Å². The predicted octanol–water partition coefficient (Wildman–Crippen LogP) is -2.58. The number of aliphatic carboxylic acids is 1. The Morgan fingerprint density at radius 3 is 1.94 bits per heavy atom. The van der Waals surface area contributed by atoms with Crippen molar-refractivity contribution in [1.82, 2.24) is 0 Å². The Balaban J connectivity index is 1.04. The number of aldehydes is 1. The minimum atomic E-state index is -2.27. The smallest absolute Gasteiger partial charge is 0.335 e. The predicted molar refractivity (Wildman–Crippen MR) is 279 cm³/mol. The molecule has 472 valence electrons. The number of ether oxygens (including phenoxy) is 9. The molecule has 0 spiro atoms. The van der Waals surface area contributed by atoms with Crippen molar-refractivity contribution in [2.24, 2.45) is 50.2 Å². The van der Waals surface area contributed by atoms with Gasteiger partial charge in [0.1, 0.15) is 97.8 Å². The molecular formula is C57H88O26. The number of carbonyl (C=O) groups excluding carboxylic acids is 2. The van der Waals surface area contributed by atoms with Gasteiger partial charge >= 0.3 is 11.9 Å². The lowest BCUT2D eigenvalue weighted by atomic mass is 9.33. The Labute approximate surface area is 480 Å². The molecule has 30 atom stereocenters. The molecule has 5 aliphatic carbocycles. The molecule has 9 rings (SSSR count). The number of aliphatic hydroxyl groups is 13. The van der Waals surface area contributed by atoms with E-state index in [-0.39, 0.29) is 18.8 Å². The van der Waals surface area contributed by atoms with Crippen LogP contribution in [0.5, 0.6) is 0 Å². The first kappa shape index (κ1) is 64.7. The van der Waals surface area contributed by atoms with Gasteiger partial charge in [-0.05, 0) is 92.8 Å². The van der Waals surface area contributed by atoms with E-state index in [9.17, 15) is 85.9 Å². The number of carbonyl (C=O) groups is 3. The van der Waals surface area contributed by atoms with Crippen LogP contribution in [0.15, 0.2) is 23.3 Å². The zero-order valence-corrected chi connectivity index (χ0v) is 48.1. The standard InChI is InChI=1S/C57H88O26/c1-9-23(2)47(74)83-45-44(71)57(22-60)25(16-52(45,3)4)24-10-11-30-53(5)14-13-32(54(6,21-59)29(53)12-15-55(30,7)56(24,8)17-31(57)63)78-51-43(82-49-38(69)36(67)35(66)28(18-58)77-49)40(39(70)41(80-51)46(72)73)79-50-42(34(65)27(62)20-76-50)81-48-37(68)33(64)26(61)19-75-48/h9-10,21,25-45,48-51,58,60-71H,11-20,22H2,1-8H3,(H,72,73). The Hall–Kier alpha value is -2.75. The molecule has 4 saturated carbocycles. The number of carboxylic acid groups (broad SMARTS) is 1. The van der Waals surface area contributed by atoms with Crippen LogP contribution in [-0.2, 0) is 57.0 Å². The molecule has 4 saturated heterocycles. The highest BCUT2D eigenvalue weighted by molar-refractivity contribution is 5.87. The van der Waals surface area contributed by atoms with Gasteiger partial charge in [0, 0.05) is 11.0 Å². The maximum Gasteiger partial charge on any atom is 0.335 e. The van der Waals surface area contributed by atoms with Crippen LogP contribution >= 0.6 is 0 Å². The van der Waals surface area contributed by atoms with Crippen molar-refractivity contribution in [3.63, 3.8) is 0 Å². The number of carboxylic acids is 1. The van der Waals surface area contributed by atoms with Crippen LogP contribution in [-0.4, -0.2) is 251 Å². The molecule has 26 heteroatoms. The molecule has 26 nitrogen and oxygen atoms in total. The first-order valence-corrected chi connectivity index (χ1v) is 29.0. The van der Waals surface area contributed by atoms with Crippen molar-refractivity contribution in [2.45, 2.75) is 235 Å². The molecule has 83 heavy (non-hydrogen) atoms. The van der Waals surface area contributed by atoms with Crippen molar-refractivity contribution in [3.8, 4) is 0 Å². The summed E-state index contributed by atoms with van der Waals surface area (Å²) in [6.45, 7) is 12.7. The van der Waals surface area contributed by atoms with E-state index in [1.807, 2.05) is 13.8 Å². The van der Waals surface area contributed by atoms with Crippen molar-refractivity contribution < 1.29 is 129 Å². The van der Waals surface area contributed by atoms with Crippen LogP contribution < -0.4 is 0 Å².